The Bertz CT molecular complexity index is 780. The van der Waals surface area contributed by atoms with Gasteiger partial charge < -0.3 is 10.0 Å². The molecule has 1 saturated carbocycles. The number of aromatic carboxylic acids is 1. The summed E-state index contributed by atoms with van der Waals surface area (Å²) in [7, 11) is 0. The second-order valence-corrected chi connectivity index (χ2v) is 6.77. The number of amides is 1. The third kappa shape index (κ3) is 4.05. The van der Waals surface area contributed by atoms with Gasteiger partial charge in [0.15, 0.2) is 0 Å². The Labute approximate surface area is 147 Å². The van der Waals surface area contributed by atoms with Crippen LogP contribution in [0.15, 0.2) is 42.5 Å². The Kier molecular flexibility index (Phi) is 4.83. The molecule has 130 valence electrons. The van der Waals surface area contributed by atoms with Gasteiger partial charge in [-0.3, -0.25) is 4.79 Å². The average Bonchev–Trinajstić information content (AvgIpc) is 3.44. The van der Waals surface area contributed by atoms with Gasteiger partial charge in [-0.15, -0.1) is 0 Å². The molecule has 1 N–H and O–H groups in total. The summed E-state index contributed by atoms with van der Waals surface area (Å²) in [5, 5.41) is 9.07. The molecule has 1 aromatic heterocycles. The summed E-state index contributed by atoms with van der Waals surface area (Å²) in [5.74, 6) is -0.867. The largest absolute Gasteiger partial charge is 0.477 e. The number of rotatable bonds is 6. The zero-order valence-electron chi connectivity index (χ0n) is 14.5. The number of hydrogen-bond donors (Lipinski definition) is 1. The summed E-state index contributed by atoms with van der Waals surface area (Å²) < 4.78 is 0. The SMILES string of the molecule is CC(C)c1ccc(CN(C(=O)c2cccc(C(=O)O)n2)C2CC2)cc1. The van der Waals surface area contributed by atoms with Gasteiger partial charge >= 0.3 is 5.97 Å². The van der Waals surface area contributed by atoms with Gasteiger partial charge in [0.2, 0.25) is 0 Å². The van der Waals surface area contributed by atoms with E-state index in [-0.39, 0.29) is 23.3 Å². The van der Waals surface area contributed by atoms with E-state index >= 15 is 0 Å². The van der Waals surface area contributed by atoms with E-state index in [1.165, 1.54) is 11.6 Å². The number of nitrogens with zero attached hydrogens (tertiary/aromatic N) is 2. The van der Waals surface area contributed by atoms with Crippen molar-refractivity contribution >= 4 is 11.9 Å². The number of aromatic nitrogens is 1. The lowest BCUT2D eigenvalue weighted by Gasteiger charge is -2.22. The molecule has 0 radical (unpaired) electrons. The number of carbonyl (C=O) groups excluding carboxylic acids is 1. The fourth-order valence-corrected chi connectivity index (χ4v) is 2.78. The molecule has 3 rings (SSSR count). The summed E-state index contributed by atoms with van der Waals surface area (Å²) in [6.45, 7) is 4.81. The molecule has 0 atom stereocenters. The molecule has 1 aliphatic carbocycles. The van der Waals surface area contributed by atoms with Gasteiger partial charge in [-0.2, -0.15) is 0 Å². The number of benzene rings is 1. The van der Waals surface area contributed by atoms with Crippen LogP contribution in [0.25, 0.3) is 0 Å². The molecule has 5 nitrogen and oxygen atoms in total. The lowest BCUT2D eigenvalue weighted by Crippen LogP contribution is -2.33. The quantitative estimate of drug-likeness (QED) is 0.871. The van der Waals surface area contributed by atoms with E-state index in [1.807, 2.05) is 0 Å². The lowest BCUT2D eigenvalue weighted by atomic mass is 10.0. The van der Waals surface area contributed by atoms with E-state index in [1.54, 1.807) is 17.0 Å². The van der Waals surface area contributed by atoms with Gasteiger partial charge in [-0.25, -0.2) is 9.78 Å². The molecule has 0 unspecified atom stereocenters. The molecular formula is C20H22N2O3. The summed E-state index contributed by atoms with van der Waals surface area (Å²) in [4.78, 5) is 29.7. The molecule has 5 heteroatoms. The number of pyridine rings is 1. The molecule has 2 aromatic rings. The molecule has 0 saturated heterocycles. The van der Waals surface area contributed by atoms with Crippen molar-refractivity contribution in [3.63, 3.8) is 0 Å². The van der Waals surface area contributed by atoms with Crippen molar-refractivity contribution in [1.82, 2.24) is 9.88 Å². The van der Waals surface area contributed by atoms with Crippen LogP contribution in [0.1, 0.15) is 64.7 Å². The van der Waals surface area contributed by atoms with Gasteiger partial charge in [0.25, 0.3) is 5.91 Å². The minimum absolute atomic E-state index is 0.108. The van der Waals surface area contributed by atoms with Crippen molar-refractivity contribution < 1.29 is 14.7 Å². The minimum atomic E-state index is -1.13. The normalized spacial score (nSPS) is 13.7. The zero-order chi connectivity index (χ0) is 18.0. The van der Waals surface area contributed by atoms with Gasteiger partial charge in [0.05, 0.1) is 0 Å². The lowest BCUT2D eigenvalue weighted by molar-refractivity contribution is 0.0689. The van der Waals surface area contributed by atoms with Crippen molar-refractivity contribution in [3.8, 4) is 0 Å². The maximum atomic E-state index is 12.9. The standard InChI is InChI=1S/C20H22N2O3/c1-13(2)15-8-6-14(7-9-15)12-22(16-10-11-16)19(23)17-4-3-5-18(21-17)20(24)25/h3-9,13,16H,10-12H2,1-2H3,(H,24,25). The summed E-state index contributed by atoms with van der Waals surface area (Å²) in [6.07, 6.45) is 1.96. The molecule has 25 heavy (non-hydrogen) atoms. The smallest absolute Gasteiger partial charge is 0.354 e. The first-order valence-corrected chi connectivity index (χ1v) is 8.56. The van der Waals surface area contributed by atoms with Gasteiger partial charge in [0.1, 0.15) is 11.4 Å². The third-order valence-electron chi connectivity index (χ3n) is 4.44. The Morgan fingerprint density at radius 1 is 1.12 bits per heavy atom. The predicted octanol–water partition coefficient (Wildman–Crippen LogP) is 3.71. The van der Waals surface area contributed by atoms with Crippen molar-refractivity contribution in [1.29, 1.82) is 0 Å². The second kappa shape index (κ2) is 7.05. The highest BCUT2D eigenvalue weighted by Gasteiger charge is 2.33. The molecule has 0 bridgehead atoms. The van der Waals surface area contributed by atoms with Gasteiger partial charge in [0, 0.05) is 12.6 Å². The van der Waals surface area contributed by atoms with Crippen LogP contribution in [0.4, 0.5) is 0 Å². The molecule has 0 spiro atoms. The van der Waals surface area contributed by atoms with E-state index in [0.717, 1.165) is 18.4 Å². The molecular weight excluding hydrogens is 316 g/mol. The Balaban J connectivity index is 1.80. The maximum absolute atomic E-state index is 12.9. The maximum Gasteiger partial charge on any atom is 0.354 e. The minimum Gasteiger partial charge on any atom is -0.477 e. The van der Waals surface area contributed by atoms with Crippen molar-refractivity contribution in [2.24, 2.45) is 0 Å². The highest BCUT2D eigenvalue weighted by atomic mass is 16.4. The first-order chi connectivity index (χ1) is 12.0. The van der Waals surface area contributed by atoms with Crippen LogP contribution in [-0.4, -0.2) is 32.9 Å². The molecule has 1 fully saturated rings. The van der Waals surface area contributed by atoms with Crippen LogP contribution >= 0.6 is 0 Å². The topological polar surface area (TPSA) is 70.5 Å². The molecule has 1 aromatic carbocycles. The van der Waals surface area contributed by atoms with E-state index in [4.69, 9.17) is 5.11 Å². The fraction of sp³-hybridized carbons (Fsp3) is 0.350. The second-order valence-electron chi connectivity index (χ2n) is 6.77. The van der Waals surface area contributed by atoms with Crippen molar-refractivity contribution in [2.45, 2.75) is 45.2 Å². The van der Waals surface area contributed by atoms with Crippen LogP contribution in [0, 0.1) is 0 Å². The third-order valence-corrected chi connectivity index (χ3v) is 4.44. The highest BCUT2D eigenvalue weighted by molar-refractivity contribution is 5.94. The highest BCUT2D eigenvalue weighted by Crippen LogP contribution is 2.30. The van der Waals surface area contributed by atoms with Crippen LogP contribution in [0.2, 0.25) is 0 Å². The fourth-order valence-electron chi connectivity index (χ4n) is 2.78. The van der Waals surface area contributed by atoms with Crippen molar-refractivity contribution in [3.05, 3.63) is 65.0 Å². The summed E-state index contributed by atoms with van der Waals surface area (Å²) in [6, 6.07) is 13.0. The zero-order valence-corrected chi connectivity index (χ0v) is 14.5. The molecule has 0 aliphatic heterocycles. The monoisotopic (exact) mass is 338 g/mol. The van der Waals surface area contributed by atoms with Gasteiger partial charge in [-0.05, 0) is 42.0 Å². The predicted molar refractivity (Wildman–Crippen MR) is 94.6 cm³/mol. The van der Waals surface area contributed by atoms with Gasteiger partial charge in [-0.1, -0.05) is 44.2 Å². The van der Waals surface area contributed by atoms with Crippen LogP contribution in [0.5, 0.6) is 0 Å². The van der Waals surface area contributed by atoms with E-state index in [9.17, 15) is 9.59 Å². The average molecular weight is 338 g/mol. The molecule has 1 amide bonds. The number of hydrogen-bond acceptors (Lipinski definition) is 3. The van der Waals surface area contributed by atoms with Crippen molar-refractivity contribution in [2.75, 3.05) is 0 Å². The Morgan fingerprint density at radius 3 is 2.32 bits per heavy atom. The van der Waals surface area contributed by atoms with E-state index < -0.39 is 5.97 Å². The summed E-state index contributed by atoms with van der Waals surface area (Å²) >= 11 is 0. The van der Waals surface area contributed by atoms with Crippen LogP contribution in [0.3, 0.4) is 0 Å². The van der Waals surface area contributed by atoms with Crippen LogP contribution in [-0.2, 0) is 6.54 Å². The number of carboxylic acids is 1. The van der Waals surface area contributed by atoms with Crippen LogP contribution < -0.4 is 0 Å². The Morgan fingerprint density at radius 2 is 1.76 bits per heavy atom. The number of carbonyl (C=O) groups is 2. The molecule has 1 aliphatic rings. The van der Waals surface area contributed by atoms with E-state index in [2.05, 4.69) is 43.1 Å². The number of carboxylic acid groups (broad SMARTS) is 1. The summed E-state index contributed by atoms with van der Waals surface area (Å²) in [5.41, 5.74) is 2.41. The van der Waals surface area contributed by atoms with E-state index in [0.29, 0.717) is 12.5 Å². The first-order valence-electron chi connectivity index (χ1n) is 8.56. The first kappa shape index (κ1) is 17.1. The Hall–Kier alpha value is -2.69. The molecule has 1 heterocycles.